The van der Waals surface area contributed by atoms with E-state index in [-0.39, 0.29) is 0 Å². The predicted octanol–water partition coefficient (Wildman–Crippen LogP) is -3.24. The number of hydrogen-bond acceptors (Lipinski definition) is 7. The zero-order valence-corrected chi connectivity index (χ0v) is 8.22. The number of hydrogen-bond donors (Lipinski definition) is 5. The lowest BCUT2D eigenvalue weighted by atomic mass is 10.4. The molecule has 0 spiro atoms. The number of nitrogens with zero attached hydrogens (tertiary/aromatic N) is 1. The van der Waals surface area contributed by atoms with Crippen LogP contribution in [0, 0.1) is 0 Å². The van der Waals surface area contributed by atoms with Crippen LogP contribution in [0.4, 0.5) is 0 Å². The van der Waals surface area contributed by atoms with Crippen molar-refractivity contribution in [1.29, 1.82) is 0 Å². The van der Waals surface area contributed by atoms with Crippen LogP contribution in [-0.2, 0) is 10.1 Å². The van der Waals surface area contributed by atoms with Gasteiger partial charge in [-0.1, -0.05) is 0 Å². The van der Waals surface area contributed by atoms with E-state index in [9.17, 15) is 8.42 Å². The lowest BCUT2D eigenvalue weighted by Crippen LogP contribution is -2.50. The van der Waals surface area contributed by atoms with E-state index in [1.165, 1.54) is 0 Å². The molecule has 0 heterocycles. The third-order valence-corrected chi connectivity index (χ3v) is 2.21. The van der Waals surface area contributed by atoms with Gasteiger partial charge in [0.2, 0.25) is 0 Å². The van der Waals surface area contributed by atoms with E-state index in [4.69, 9.17) is 25.0 Å². The van der Waals surface area contributed by atoms with E-state index < -0.39 is 34.6 Å². The molecule has 0 amide bonds. The second-order valence-electron chi connectivity index (χ2n) is 2.88. The summed E-state index contributed by atoms with van der Waals surface area (Å²) in [6.45, 7) is -0.538. The number of aliphatic hydroxyl groups excluding tert-OH is 1. The van der Waals surface area contributed by atoms with Crippen molar-refractivity contribution in [2.45, 2.75) is 12.2 Å². The minimum atomic E-state index is -4.34. The molecule has 9 heteroatoms. The summed E-state index contributed by atoms with van der Waals surface area (Å²) in [5, 5.41) is 34.6. The highest BCUT2D eigenvalue weighted by Crippen LogP contribution is 2.02. The highest BCUT2D eigenvalue weighted by atomic mass is 32.2. The molecule has 86 valence electrons. The van der Waals surface area contributed by atoms with Crippen LogP contribution in [0.1, 0.15) is 0 Å². The Bertz CT molecular complexity index is 268. The van der Waals surface area contributed by atoms with Crippen molar-refractivity contribution >= 4 is 10.1 Å². The van der Waals surface area contributed by atoms with Crippen LogP contribution >= 0.6 is 0 Å². The van der Waals surface area contributed by atoms with Gasteiger partial charge in [-0.05, 0) is 7.05 Å². The first-order chi connectivity index (χ1) is 6.02. The maximum absolute atomic E-state index is 10.3. The van der Waals surface area contributed by atoms with Gasteiger partial charge in [-0.15, -0.1) is 0 Å². The molecule has 0 aromatic rings. The van der Waals surface area contributed by atoms with Gasteiger partial charge in [0.15, 0.2) is 0 Å². The van der Waals surface area contributed by atoms with Crippen molar-refractivity contribution in [1.82, 2.24) is 4.90 Å². The van der Waals surface area contributed by atoms with Crippen molar-refractivity contribution in [2.24, 2.45) is 0 Å². The minimum absolute atomic E-state index is 0.489. The van der Waals surface area contributed by atoms with Gasteiger partial charge in [0, 0.05) is 6.54 Å². The number of likely N-dealkylation sites (N-methyl/N-ethyl adjacent to an activating group) is 1. The van der Waals surface area contributed by atoms with Gasteiger partial charge in [0.1, 0.15) is 5.75 Å². The van der Waals surface area contributed by atoms with Crippen molar-refractivity contribution in [3.05, 3.63) is 0 Å². The fourth-order valence-corrected chi connectivity index (χ4v) is 1.33. The van der Waals surface area contributed by atoms with Gasteiger partial charge in [-0.25, -0.2) is 4.90 Å². The number of rotatable bonds is 5. The Kier molecular flexibility index (Phi) is 4.39. The standard InChI is InChI=1S/C5H13NO7S/c1-6(5(8,9)10)2-4(7)3-14(11,12)13/h4,7-10H,2-3H2,1H3,(H,11,12,13). The molecule has 1 unspecified atom stereocenters. The fraction of sp³-hybridized carbons (Fsp3) is 1.00. The average molecular weight is 231 g/mol. The van der Waals surface area contributed by atoms with Crippen molar-refractivity contribution in [2.75, 3.05) is 19.3 Å². The molecule has 8 nitrogen and oxygen atoms in total. The molecule has 0 saturated heterocycles. The molecule has 5 N–H and O–H groups in total. The second kappa shape index (κ2) is 4.49. The number of aliphatic hydroxyl groups is 4. The van der Waals surface area contributed by atoms with Gasteiger partial charge in [-0.3, -0.25) is 4.55 Å². The maximum Gasteiger partial charge on any atom is 0.345 e. The molecule has 1 atom stereocenters. The summed E-state index contributed by atoms with van der Waals surface area (Å²) in [5.41, 5.74) is 0. The average Bonchev–Trinajstić information content (AvgIpc) is 1.79. The van der Waals surface area contributed by atoms with E-state index in [0.717, 1.165) is 7.05 Å². The maximum atomic E-state index is 10.3. The first-order valence-electron chi connectivity index (χ1n) is 3.54. The third kappa shape index (κ3) is 6.21. The Morgan fingerprint density at radius 3 is 2.07 bits per heavy atom. The molecule has 0 aliphatic rings. The van der Waals surface area contributed by atoms with E-state index in [2.05, 4.69) is 0 Å². The van der Waals surface area contributed by atoms with E-state index in [1.54, 1.807) is 0 Å². The Morgan fingerprint density at radius 1 is 1.36 bits per heavy atom. The smallest absolute Gasteiger partial charge is 0.345 e. The normalized spacial score (nSPS) is 15.9. The molecule has 0 fully saturated rings. The first kappa shape index (κ1) is 13.7. The zero-order chi connectivity index (χ0) is 11.6. The molecule has 0 aromatic heterocycles. The molecule has 0 aliphatic carbocycles. The van der Waals surface area contributed by atoms with Crippen molar-refractivity contribution in [3.8, 4) is 0 Å². The van der Waals surface area contributed by atoms with Gasteiger partial charge in [0.05, 0.1) is 6.10 Å². The lowest BCUT2D eigenvalue weighted by Gasteiger charge is -2.27. The second-order valence-corrected chi connectivity index (χ2v) is 4.38. The molecular weight excluding hydrogens is 218 g/mol. The summed E-state index contributed by atoms with van der Waals surface area (Å²) in [5.74, 6) is -0.951. The predicted molar refractivity (Wildman–Crippen MR) is 44.4 cm³/mol. The summed E-state index contributed by atoms with van der Waals surface area (Å²) in [6, 6.07) is 0. The largest absolute Gasteiger partial charge is 0.391 e. The van der Waals surface area contributed by atoms with Crippen LogP contribution in [0.2, 0.25) is 0 Å². The van der Waals surface area contributed by atoms with Gasteiger partial charge < -0.3 is 20.4 Å². The highest BCUT2D eigenvalue weighted by Gasteiger charge is 2.28. The van der Waals surface area contributed by atoms with Crippen LogP contribution in [0.3, 0.4) is 0 Å². The van der Waals surface area contributed by atoms with Crippen molar-refractivity contribution in [3.63, 3.8) is 0 Å². The summed E-state index contributed by atoms with van der Waals surface area (Å²) < 4.78 is 28.8. The molecule has 0 saturated carbocycles. The summed E-state index contributed by atoms with van der Waals surface area (Å²) in [4.78, 5) is 0.489. The molecule has 0 aliphatic heterocycles. The fourth-order valence-electron chi connectivity index (χ4n) is 0.734. The highest BCUT2D eigenvalue weighted by molar-refractivity contribution is 7.85. The Labute approximate surface area is 80.8 Å². The van der Waals surface area contributed by atoms with Crippen LogP contribution in [-0.4, -0.2) is 69.8 Å². The van der Waals surface area contributed by atoms with Crippen LogP contribution < -0.4 is 0 Å². The molecule has 14 heavy (non-hydrogen) atoms. The summed E-state index contributed by atoms with van der Waals surface area (Å²) in [7, 11) is -3.30. The molecule has 0 bridgehead atoms. The van der Waals surface area contributed by atoms with Crippen LogP contribution in [0.15, 0.2) is 0 Å². The van der Waals surface area contributed by atoms with E-state index in [1.807, 2.05) is 0 Å². The van der Waals surface area contributed by atoms with E-state index >= 15 is 0 Å². The summed E-state index contributed by atoms with van der Waals surface area (Å²) in [6.07, 6.45) is -4.68. The van der Waals surface area contributed by atoms with E-state index in [0.29, 0.717) is 4.90 Å². The molecule has 0 radical (unpaired) electrons. The van der Waals surface area contributed by atoms with Gasteiger partial charge in [-0.2, -0.15) is 8.42 Å². The van der Waals surface area contributed by atoms with Gasteiger partial charge in [0.25, 0.3) is 10.1 Å². The molecule has 0 rings (SSSR count). The summed E-state index contributed by atoms with van der Waals surface area (Å²) >= 11 is 0. The minimum Gasteiger partial charge on any atom is -0.391 e. The van der Waals surface area contributed by atoms with Gasteiger partial charge >= 0.3 is 6.10 Å². The quantitative estimate of drug-likeness (QED) is 0.246. The Balaban J connectivity index is 4.15. The molecular formula is C5H13NO7S. The Hall–Kier alpha value is -0.290. The molecule has 0 aromatic carbocycles. The monoisotopic (exact) mass is 231 g/mol. The Morgan fingerprint density at radius 2 is 1.79 bits per heavy atom. The third-order valence-electron chi connectivity index (χ3n) is 1.40. The van der Waals surface area contributed by atoms with Crippen LogP contribution in [0.25, 0.3) is 0 Å². The van der Waals surface area contributed by atoms with Crippen LogP contribution in [0.5, 0.6) is 0 Å². The SMILES string of the molecule is CN(CC(O)CS(=O)(=O)O)C(O)(O)O. The lowest BCUT2D eigenvalue weighted by molar-refractivity contribution is -0.389. The first-order valence-corrected chi connectivity index (χ1v) is 5.15. The topological polar surface area (TPSA) is 139 Å². The zero-order valence-electron chi connectivity index (χ0n) is 7.40. The van der Waals surface area contributed by atoms with Crippen molar-refractivity contribution < 1.29 is 33.4 Å².